The number of rotatable bonds is 23. The molecule has 1 atom stereocenters. The molecule has 0 saturated carbocycles. The average Bonchev–Trinajstić information content (AvgIpc) is 2.80. The van der Waals surface area contributed by atoms with E-state index in [9.17, 15) is 0 Å². The van der Waals surface area contributed by atoms with Crippen LogP contribution in [0.1, 0.15) is 142 Å². The molecule has 2 heteroatoms. The standard InChI is InChI=1S/C30H53BrO/c1-3-5-7-9-11-13-14-16-18-20-22-28(21-19-17-15-12-10-8-6-4-2)27-32-30-25-23-29(31)24-26-30/h23-26,28H,3-22,27H2,1-2H3. The monoisotopic (exact) mass is 508 g/mol. The van der Waals surface area contributed by atoms with E-state index < -0.39 is 0 Å². The largest absolute Gasteiger partial charge is 0.493 e. The van der Waals surface area contributed by atoms with Crippen LogP contribution in [0.5, 0.6) is 5.75 Å². The van der Waals surface area contributed by atoms with E-state index in [1.165, 1.54) is 128 Å². The highest BCUT2D eigenvalue weighted by Crippen LogP contribution is 2.22. The summed E-state index contributed by atoms with van der Waals surface area (Å²) in [5.74, 6) is 1.73. The van der Waals surface area contributed by atoms with Gasteiger partial charge in [0.25, 0.3) is 0 Å². The van der Waals surface area contributed by atoms with Gasteiger partial charge in [-0.3, -0.25) is 0 Å². The molecule has 0 spiro atoms. The van der Waals surface area contributed by atoms with Crippen molar-refractivity contribution in [3.8, 4) is 5.75 Å². The van der Waals surface area contributed by atoms with Gasteiger partial charge in [-0.1, -0.05) is 145 Å². The molecule has 0 heterocycles. The van der Waals surface area contributed by atoms with Gasteiger partial charge in [-0.05, 0) is 43.0 Å². The summed E-state index contributed by atoms with van der Waals surface area (Å²) < 4.78 is 7.28. The predicted molar refractivity (Wildman–Crippen MR) is 147 cm³/mol. The SMILES string of the molecule is CCCCCCCCCCCCC(CCCCCCCCCC)COc1ccc(Br)cc1. The van der Waals surface area contributed by atoms with Crippen LogP contribution in [0.4, 0.5) is 0 Å². The lowest BCUT2D eigenvalue weighted by molar-refractivity contribution is 0.224. The first-order chi connectivity index (χ1) is 15.8. The maximum Gasteiger partial charge on any atom is 0.119 e. The molecule has 0 aromatic heterocycles. The molecule has 0 amide bonds. The zero-order valence-corrected chi connectivity index (χ0v) is 23.1. The van der Waals surface area contributed by atoms with Gasteiger partial charge >= 0.3 is 0 Å². The third-order valence-corrected chi connectivity index (χ3v) is 7.26. The lowest BCUT2D eigenvalue weighted by atomic mass is 9.94. The van der Waals surface area contributed by atoms with Gasteiger partial charge in [0.2, 0.25) is 0 Å². The maximum absolute atomic E-state index is 6.17. The smallest absolute Gasteiger partial charge is 0.119 e. The number of benzene rings is 1. The van der Waals surface area contributed by atoms with E-state index in [4.69, 9.17) is 4.74 Å². The summed E-state index contributed by atoms with van der Waals surface area (Å²) in [6, 6.07) is 8.31. The topological polar surface area (TPSA) is 9.23 Å². The molecule has 0 radical (unpaired) electrons. The van der Waals surface area contributed by atoms with Crippen molar-refractivity contribution in [2.45, 2.75) is 142 Å². The summed E-state index contributed by atoms with van der Waals surface area (Å²) in [7, 11) is 0. The van der Waals surface area contributed by atoms with E-state index in [-0.39, 0.29) is 0 Å². The molecule has 0 aliphatic rings. The summed E-state index contributed by atoms with van der Waals surface area (Å²) >= 11 is 3.51. The number of ether oxygens (including phenoxy) is 1. The van der Waals surface area contributed by atoms with Crippen LogP contribution in [0.25, 0.3) is 0 Å². The Bertz CT molecular complexity index is 498. The highest BCUT2D eigenvalue weighted by atomic mass is 79.9. The molecule has 0 aliphatic heterocycles. The third-order valence-electron chi connectivity index (χ3n) is 6.73. The van der Waals surface area contributed by atoms with Crippen LogP contribution in [0, 0.1) is 5.92 Å². The molecule has 1 aromatic carbocycles. The van der Waals surface area contributed by atoms with E-state index in [0.29, 0.717) is 5.92 Å². The zero-order chi connectivity index (χ0) is 23.1. The Labute approximate surface area is 209 Å². The quantitative estimate of drug-likeness (QED) is 0.133. The minimum atomic E-state index is 0.716. The number of hydrogen-bond acceptors (Lipinski definition) is 1. The molecule has 186 valence electrons. The average molecular weight is 510 g/mol. The Morgan fingerprint density at radius 1 is 0.562 bits per heavy atom. The molecule has 0 N–H and O–H groups in total. The minimum absolute atomic E-state index is 0.716. The summed E-state index contributed by atoms with van der Waals surface area (Å²) in [5.41, 5.74) is 0. The second-order valence-corrected chi connectivity index (χ2v) is 10.8. The van der Waals surface area contributed by atoms with Crippen LogP contribution in [-0.4, -0.2) is 6.61 Å². The van der Waals surface area contributed by atoms with E-state index in [0.717, 1.165) is 16.8 Å². The van der Waals surface area contributed by atoms with Crippen LogP contribution in [0.2, 0.25) is 0 Å². The van der Waals surface area contributed by atoms with Crippen molar-refractivity contribution < 1.29 is 4.74 Å². The molecule has 0 aliphatic carbocycles. The number of halogens is 1. The summed E-state index contributed by atoms with van der Waals surface area (Å²) in [6.45, 7) is 5.48. The van der Waals surface area contributed by atoms with Crippen molar-refractivity contribution in [2.75, 3.05) is 6.61 Å². The van der Waals surface area contributed by atoms with Gasteiger partial charge in [0.15, 0.2) is 0 Å². The van der Waals surface area contributed by atoms with E-state index >= 15 is 0 Å². The summed E-state index contributed by atoms with van der Waals surface area (Å²) in [6.07, 6.45) is 28.1. The van der Waals surface area contributed by atoms with Gasteiger partial charge in [0.05, 0.1) is 6.61 Å². The summed E-state index contributed by atoms with van der Waals surface area (Å²) in [5, 5.41) is 0. The first kappa shape index (κ1) is 29.5. The highest BCUT2D eigenvalue weighted by molar-refractivity contribution is 9.10. The molecule has 0 saturated heterocycles. The molecule has 1 rings (SSSR count). The molecule has 1 aromatic rings. The van der Waals surface area contributed by atoms with Gasteiger partial charge in [0.1, 0.15) is 5.75 Å². The Balaban J connectivity index is 2.19. The Hall–Kier alpha value is -0.500. The molecular formula is C30H53BrO. The molecule has 32 heavy (non-hydrogen) atoms. The fourth-order valence-corrected chi connectivity index (χ4v) is 4.81. The normalized spacial score (nSPS) is 12.2. The third kappa shape index (κ3) is 18.0. The van der Waals surface area contributed by atoms with Crippen LogP contribution in [0.15, 0.2) is 28.7 Å². The van der Waals surface area contributed by atoms with Crippen molar-refractivity contribution in [2.24, 2.45) is 5.92 Å². The lowest BCUT2D eigenvalue weighted by Crippen LogP contribution is -2.12. The minimum Gasteiger partial charge on any atom is -0.493 e. The Kier molecular flexibility index (Phi) is 20.6. The van der Waals surface area contributed by atoms with Crippen molar-refractivity contribution in [3.05, 3.63) is 28.7 Å². The van der Waals surface area contributed by atoms with Crippen molar-refractivity contribution in [1.82, 2.24) is 0 Å². The van der Waals surface area contributed by atoms with E-state index in [1.54, 1.807) is 0 Å². The Morgan fingerprint density at radius 3 is 1.34 bits per heavy atom. The maximum atomic E-state index is 6.17. The zero-order valence-electron chi connectivity index (χ0n) is 21.5. The lowest BCUT2D eigenvalue weighted by Gasteiger charge is -2.18. The fourth-order valence-electron chi connectivity index (χ4n) is 4.54. The molecule has 1 unspecified atom stereocenters. The van der Waals surface area contributed by atoms with Gasteiger partial charge in [-0.2, -0.15) is 0 Å². The second kappa shape index (κ2) is 22.3. The predicted octanol–water partition coefficient (Wildman–Crippen LogP) is 11.3. The van der Waals surface area contributed by atoms with E-state index in [1.807, 2.05) is 0 Å². The first-order valence-electron chi connectivity index (χ1n) is 14.1. The highest BCUT2D eigenvalue weighted by Gasteiger charge is 2.10. The summed E-state index contributed by atoms with van der Waals surface area (Å²) in [4.78, 5) is 0. The fraction of sp³-hybridized carbons (Fsp3) is 0.800. The van der Waals surface area contributed by atoms with E-state index in [2.05, 4.69) is 54.0 Å². The molecular weight excluding hydrogens is 456 g/mol. The van der Waals surface area contributed by atoms with Crippen molar-refractivity contribution in [3.63, 3.8) is 0 Å². The number of unbranched alkanes of at least 4 members (excludes halogenated alkanes) is 16. The Morgan fingerprint density at radius 2 is 0.938 bits per heavy atom. The van der Waals surface area contributed by atoms with Crippen LogP contribution in [-0.2, 0) is 0 Å². The molecule has 1 nitrogen and oxygen atoms in total. The first-order valence-corrected chi connectivity index (χ1v) is 14.9. The molecule has 0 fully saturated rings. The van der Waals surface area contributed by atoms with Crippen LogP contribution >= 0.6 is 15.9 Å². The van der Waals surface area contributed by atoms with Crippen LogP contribution < -0.4 is 4.74 Å². The van der Waals surface area contributed by atoms with Crippen molar-refractivity contribution >= 4 is 15.9 Å². The van der Waals surface area contributed by atoms with Gasteiger partial charge in [-0.25, -0.2) is 0 Å². The van der Waals surface area contributed by atoms with Crippen molar-refractivity contribution in [1.29, 1.82) is 0 Å². The molecule has 0 bridgehead atoms. The second-order valence-electron chi connectivity index (χ2n) is 9.87. The van der Waals surface area contributed by atoms with Crippen LogP contribution in [0.3, 0.4) is 0 Å². The van der Waals surface area contributed by atoms with Gasteiger partial charge < -0.3 is 4.74 Å². The van der Waals surface area contributed by atoms with Gasteiger partial charge in [0, 0.05) is 4.47 Å². The number of hydrogen-bond donors (Lipinski definition) is 0. The van der Waals surface area contributed by atoms with Gasteiger partial charge in [-0.15, -0.1) is 0 Å².